The first kappa shape index (κ1) is 14.8. The molecule has 0 saturated carbocycles. The van der Waals surface area contributed by atoms with Crippen LogP contribution in [0.25, 0.3) is 0 Å². The molecular formula is C13H15F3N2O2. The van der Waals surface area contributed by atoms with E-state index in [9.17, 15) is 18.0 Å². The highest BCUT2D eigenvalue weighted by Crippen LogP contribution is 2.31. The lowest BCUT2D eigenvalue weighted by molar-refractivity contribution is -0.137. The molecule has 2 rings (SSSR count). The van der Waals surface area contributed by atoms with E-state index < -0.39 is 17.9 Å². The van der Waals surface area contributed by atoms with E-state index in [4.69, 9.17) is 4.74 Å². The third kappa shape index (κ3) is 3.10. The van der Waals surface area contributed by atoms with Crippen molar-refractivity contribution in [3.63, 3.8) is 0 Å². The highest BCUT2D eigenvalue weighted by atomic mass is 19.4. The van der Waals surface area contributed by atoms with E-state index in [2.05, 4.69) is 5.32 Å². The number of ether oxygens (including phenoxy) is 1. The largest absolute Gasteiger partial charge is 0.416 e. The molecule has 0 aromatic heterocycles. The van der Waals surface area contributed by atoms with Crippen LogP contribution in [0.5, 0.6) is 0 Å². The Hall–Kier alpha value is -1.60. The highest BCUT2D eigenvalue weighted by Gasteiger charge is 2.33. The van der Waals surface area contributed by atoms with Gasteiger partial charge in [-0.25, -0.2) is 0 Å². The summed E-state index contributed by atoms with van der Waals surface area (Å²) >= 11 is 0. The predicted molar refractivity (Wildman–Crippen MR) is 65.8 cm³/mol. The molecule has 0 bridgehead atoms. The second-order valence-corrected chi connectivity index (χ2v) is 4.48. The Labute approximate surface area is 114 Å². The van der Waals surface area contributed by atoms with E-state index in [-0.39, 0.29) is 12.5 Å². The summed E-state index contributed by atoms with van der Waals surface area (Å²) in [5.41, 5.74) is -0.0750. The van der Waals surface area contributed by atoms with Crippen LogP contribution in [0.4, 0.5) is 13.2 Å². The minimum atomic E-state index is -4.35. The summed E-state index contributed by atoms with van der Waals surface area (Å²) in [6, 6.07) is 4.82. The van der Waals surface area contributed by atoms with Crippen LogP contribution in [-0.4, -0.2) is 37.6 Å². The van der Waals surface area contributed by atoms with E-state index in [1.54, 1.807) is 4.90 Å². The number of nitrogens with one attached hydrogen (secondary N) is 1. The van der Waals surface area contributed by atoms with Gasteiger partial charge in [0, 0.05) is 13.7 Å². The van der Waals surface area contributed by atoms with E-state index in [1.807, 2.05) is 0 Å². The summed E-state index contributed by atoms with van der Waals surface area (Å²) in [5, 5.41) is 2.98. The first-order valence-corrected chi connectivity index (χ1v) is 6.12. The number of amides is 1. The minimum absolute atomic E-state index is 0.0908. The average molecular weight is 288 g/mol. The first-order chi connectivity index (χ1) is 9.43. The van der Waals surface area contributed by atoms with Gasteiger partial charge in [-0.2, -0.15) is 13.2 Å². The van der Waals surface area contributed by atoms with Gasteiger partial charge in [0.25, 0.3) is 0 Å². The lowest BCUT2D eigenvalue weighted by Gasteiger charge is -2.24. The number of hydrogen-bond donors (Lipinski definition) is 1. The molecule has 1 aliphatic heterocycles. The number of carbonyl (C=O) groups is 1. The Morgan fingerprint density at radius 3 is 2.55 bits per heavy atom. The number of benzene rings is 1. The van der Waals surface area contributed by atoms with Gasteiger partial charge in [0.2, 0.25) is 5.91 Å². The average Bonchev–Trinajstić information content (AvgIpc) is 2.77. The number of nitrogens with zero attached hydrogens (tertiary/aromatic N) is 1. The van der Waals surface area contributed by atoms with E-state index in [1.165, 1.54) is 19.2 Å². The van der Waals surface area contributed by atoms with Crippen molar-refractivity contribution in [2.24, 2.45) is 0 Å². The van der Waals surface area contributed by atoms with Gasteiger partial charge in [-0.15, -0.1) is 0 Å². The standard InChI is InChI=1S/C13H15F3N2O2/c1-20-7-6-18-11(19)8-17-12(18)9-2-4-10(5-3-9)13(14,15)16/h2-5,12,17H,6-8H2,1H3. The van der Waals surface area contributed by atoms with Crippen LogP contribution >= 0.6 is 0 Å². The summed E-state index contributed by atoms with van der Waals surface area (Å²) in [6.07, 6.45) is -4.76. The molecule has 1 heterocycles. The van der Waals surface area contributed by atoms with Crippen molar-refractivity contribution >= 4 is 5.91 Å². The smallest absolute Gasteiger partial charge is 0.383 e. The maximum Gasteiger partial charge on any atom is 0.416 e. The molecule has 0 aliphatic carbocycles. The zero-order chi connectivity index (χ0) is 14.8. The van der Waals surface area contributed by atoms with Crippen LogP contribution in [0.3, 0.4) is 0 Å². The van der Waals surface area contributed by atoms with Gasteiger partial charge in [-0.1, -0.05) is 12.1 Å². The van der Waals surface area contributed by atoms with Crippen molar-refractivity contribution in [3.05, 3.63) is 35.4 Å². The van der Waals surface area contributed by atoms with Crippen molar-refractivity contribution in [1.29, 1.82) is 0 Å². The van der Waals surface area contributed by atoms with Crippen LogP contribution in [0.15, 0.2) is 24.3 Å². The Kier molecular flexibility index (Phi) is 4.29. The molecule has 1 aliphatic rings. The number of halogens is 3. The second kappa shape index (κ2) is 5.80. The predicted octanol–water partition coefficient (Wildman–Crippen LogP) is 1.78. The van der Waals surface area contributed by atoms with E-state index >= 15 is 0 Å². The molecular weight excluding hydrogens is 273 g/mol. The summed E-state index contributed by atoms with van der Waals surface area (Å²) in [4.78, 5) is 13.3. The Bertz CT molecular complexity index is 473. The van der Waals surface area contributed by atoms with Crippen LogP contribution in [-0.2, 0) is 15.7 Å². The van der Waals surface area contributed by atoms with Crippen LogP contribution in [0, 0.1) is 0 Å². The van der Waals surface area contributed by atoms with Crippen LogP contribution in [0.1, 0.15) is 17.3 Å². The molecule has 1 N–H and O–H groups in total. The fourth-order valence-corrected chi connectivity index (χ4v) is 2.14. The summed E-state index contributed by atoms with van der Waals surface area (Å²) < 4.78 is 42.4. The van der Waals surface area contributed by atoms with Crippen molar-refractivity contribution in [3.8, 4) is 0 Å². The highest BCUT2D eigenvalue weighted by molar-refractivity contribution is 5.80. The molecule has 1 aromatic rings. The monoisotopic (exact) mass is 288 g/mol. The molecule has 20 heavy (non-hydrogen) atoms. The van der Waals surface area contributed by atoms with Gasteiger partial charge in [0.05, 0.1) is 18.7 Å². The number of methoxy groups -OCH3 is 1. The molecule has 1 atom stereocenters. The maximum absolute atomic E-state index is 12.5. The molecule has 1 aromatic carbocycles. The van der Waals surface area contributed by atoms with Gasteiger partial charge in [-0.05, 0) is 17.7 Å². The quantitative estimate of drug-likeness (QED) is 0.918. The van der Waals surface area contributed by atoms with Crippen molar-refractivity contribution < 1.29 is 22.7 Å². The van der Waals surface area contributed by atoms with Gasteiger partial charge in [-0.3, -0.25) is 10.1 Å². The van der Waals surface area contributed by atoms with E-state index in [0.717, 1.165) is 12.1 Å². The number of alkyl halides is 3. The zero-order valence-corrected chi connectivity index (χ0v) is 10.9. The Morgan fingerprint density at radius 2 is 2.00 bits per heavy atom. The SMILES string of the molecule is COCCN1C(=O)CNC1c1ccc(C(F)(F)F)cc1. The summed E-state index contributed by atoms with van der Waals surface area (Å²) in [6.45, 7) is 0.952. The fraction of sp³-hybridized carbons (Fsp3) is 0.462. The number of carbonyl (C=O) groups excluding carboxylic acids is 1. The van der Waals surface area contributed by atoms with Gasteiger partial charge >= 0.3 is 6.18 Å². The third-order valence-electron chi connectivity index (χ3n) is 3.17. The van der Waals surface area contributed by atoms with Crippen molar-refractivity contribution in [2.75, 3.05) is 26.8 Å². The van der Waals surface area contributed by atoms with Crippen LogP contribution < -0.4 is 5.32 Å². The van der Waals surface area contributed by atoms with E-state index in [0.29, 0.717) is 18.7 Å². The molecule has 4 nitrogen and oxygen atoms in total. The van der Waals surface area contributed by atoms with Gasteiger partial charge < -0.3 is 9.64 Å². The second-order valence-electron chi connectivity index (χ2n) is 4.48. The Morgan fingerprint density at radius 1 is 1.35 bits per heavy atom. The minimum Gasteiger partial charge on any atom is -0.383 e. The summed E-state index contributed by atoms with van der Waals surface area (Å²) in [5.74, 6) is -0.0908. The molecule has 1 fully saturated rings. The topological polar surface area (TPSA) is 41.6 Å². The molecule has 110 valence electrons. The van der Waals surface area contributed by atoms with Crippen molar-refractivity contribution in [1.82, 2.24) is 10.2 Å². The zero-order valence-electron chi connectivity index (χ0n) is 10.9. The number of hydrogen-bond acceptors (Lipinski definition) is 3. The first-order valence-electron chi connectivity index (χ1n) is 6.12. The molecule has 1 saturated heterocycles. The van der Waals surface area contributed by atoms with Gasteiger partial charge in [0.15, 0.2) is 0 Å². The molecule has 0 spiro atoms. The summed E-state index contributed by atoms with van der Waals surface area (Å²) in [7, 11) is 1.53. The van der Waals surface area contributed by atoms with Gasteiger partial charge in [0.1, 0.15) is 6.17 Å². The normalized spacial score (nSPS) is 19.7. The lowest BCUT2D eigenvalue weighted by Crippen LogP contribution is -2.33. The third-order valence-corrected chi connectivity index (χ3v) is 3.17. The number of rotatable bonds is 4. The Balaban J connectivity index is 2.16. The maximum atomic E-state index is 12.5. The molecule has 7 heteroatoms. The fourth-order valence-electron chi connectivity index (χ4n) is 2.14. The molecule has 0 radical (unpaired) electrons. The van der Waals surface area contributed by atoms with Crippen molar-refractivity contribution in [2.45, 2.75) is 12.3 Å². The lowest BCUT2D eigenvalue weighted by atomic mass is 10.1. The molecule has 1 unspecified atom stereocenters. The molecule has 1 amide bonds. The van der Waals surface area contributed by atoms with Crippen LogP contribution in [0.2, 0.25) is 0 Å².